The fourth-order valence-corrected chi connectivity index (χ4v) is 1.88. The molecule has 1 heterocycles. The average molecular weight is 338 g/mol. The van der Waals surface area contributed by atoms with Crippen molar-refractivity contribution < 1.29 is 9.53 Å². The molecule has 1 amide bonds. The third kappa shape index (κ3) is 4.40. The van der Waals surface area contributed by atoms with Gasteiger partial charge in [0.1, 0.15) is 17.3 Å². The monoisotopic (exact) mass is 336 g/mol. The van der Waals surface area contributed by atoms with Crippen LogP contribution in [-0.4, -0.2) is 49.7 Å². The number of ether oxygens (including phenoxy) is 1. The summed E-state index contributed by atoms with van der Waals surface area (Å²) >= 11 is 9.14. The summed E-state index contributed by atoms with van der Waals surface area (Å²) in [5, 5.41) is 3.03. The van der Waals surface area contributed by atoms with Crippen molar-refractivity contribution in [1.29, 1.82) is 0 Å². The second-order valence-electron chi connectivity index (χ2n) is 3.50. The van der Waals surface area contributed by atoms with Crippen molar-refractivity contribution in [1.82, 2.24) is 15.3 Å². The highest BCUT2D eigenvalue weighted by molar-refractivity contribution is 9.10. The van der Waals surface area contributed by atoms with Gasteiger partial charge in [-0.2, -0.15) is 0 Å². The van der Waals surface area contributed by atoms with Gasteiger partial charge in [0.25, 0.3) is 0 Å². The highest BCUT2D eigenvalue weighted by Crippen LogP contribution is 2.27. The van der Waals surface area contributed by atoms with Crippen molar-refractivity contribution in [3.8, 4) is 0 Å². The van der Waals surface area contributed by atoms with Crippen LogP contribution in [0.25, 0.3) is 0 Å². The lowest BCUT2D eigenvalue weighted by Gasteiger charge is -2.18. The van der Waals surface area contributed by atoms with Gasteiger partial charge in [-0.1, -0.05) is 11.6 Å². The van der Waals surface area contributed by atoms with Gasteiger partial charge in [0.2, 0.25) is 5.91 Å². The highest BCUT2D eigenvalue weighted by atomic mass is 79.9. The largest absolute Gasteiger partial charge is 0.383 e. The zero-order valence-corrected chi connectivity index (χ0v) is 12.5. The van der Waals surface area contributed by atoms with E-state index in [-0.39, 0.29) is 12.5 Å². The third-order valence-corrected chi connectivity index (χ3v) is 3.34. The van der Waals surface area contributed by atoms with Gasteiger partial charge in [0.15, 0.2) is 0 Å². The molecule has 0 aliphatic rings. The van der Waals surface area contributed by atoms with Gasteiger partial charge in [-0.3, -0.25) is 4.79 Å². The molecule has 0 spiro atoms. The van der Waals surface area contributed by atoms with E-state index in [4.69, 9.17) is 16.3 Å². The quantitative estimate of drug-likeness (QED) is 0.622. The number of methoxy groups -OCH3 is 1. The minimum atomic E-state index is -0.115. The molecule has 0 bridgehead atoms. The van der Waals surface area contributed by atoms with Crippen molar-refractivity contribution in [3.63, 3.8) is 0 Å². The van der Waals surface area contributed by atoms with E-state index in [0.29, 0.717) is 28.6 Å². The second kappa shape index (κ2) is 7.50. The van der Waals surface area contributed by atoms with E-state index in [9.17, 15) is 4.79 Å². The maximum Gasteiger partial charge on any atom is 0.239 e. The van der Waals surface area contributed by atoms with Gasteiger partial charge in [0, 0.05) is 20.7 Å². The molecular formula is C10H14BrClN4O2. The first kappa shape index (κ1) is 15.1. The standard InChI is InChI=1S/C10H14BrClN4O2/c1-16(5-7(17)13-3-4-18-2)10-8(11)9(12)14-6-15-10/h6H,3-5H2,1-2H3,(H,13,17). The van der Waals surface area contributed by atoms with Crippen molar-refractivity contribution in [2.24, 2.45) is 0 Å². The lowest BCUT2D eigenvalue weighted by atomic mass is 10.4. The lowest BCUT2D eigenvalue weighted by molar-refractivity contribution is -0.119. The second-order valence-corrected chi connectivity index (χ2v) is 4.65. The molecule has 0 fully saturated rings. The summed E-state index contributed by atoms with van der Waals surface area (Å²) in [4.78, 5) is 21.2. The number of hydrogen-bond acceptors (Lipinski definition) is 5. The van der Waals surface area contributed by atoms with Crippen LogP contribution >= 0.6 is 27.5 Å². The van der Waals surface area contributed by atoms with Crippen molar-refractivity contribution in [2.45, 2.75) is 0 Å². The van der Waals surface area contributed by atoms with Gasteiger partial charge in [-0.25, -0.2) is 9.97 Å². The molecule has 0 aliphatic carbocycles. The SMILES string of the molecule is COCCNC(=O)CN(C)c1ncnc(Cl)c1Br. The molecule has 0 saturated carbocycles. The molecule has 1 aromatic rings. The Morgan fingerprint density at radius 1 is 1.61 bits per heavy atom. The van der Waals surface area contributed by atoms with Crippen LogP contribution < -0.4 is 10.2 Å². The van der Waals surface area contributed by atoms with E-state index in [1.165, 1.54) is 6.33 Å². The Bertz CT molecular complexity index is 419. The predicted octanol–water partition coefficient (Wildman–Crippen LogP) is 1.09. The highest BCUT2D eigenvalue weighted by Gasteiger charge is 2.13. The van der Waals surface area contributed by atoms with Crippen LogP contribution in [-0.2, 0) is 9.53 Å². The smallest absolute Gasteiger partial charge is 0.239 e. The van der Waals surface area contributed by atoms with Crippen LogP contribution in [0.3, 0.4) is 0 Å². The molecule has 1 N–H and O–H groups in total. The van der Waals surface area contributed by atoms with E-state index in [0.717, 1.165) is 0 Å². The first-order valence-electron chi connectivity index (χ1n) is 5.19. The summed E-state index contributed by atoms with van der Waals surface area (Å²) < 4.78 is 5.41. The zero-order chi connectivity index (χ0) is 13.5. The molecule has 8 heteroatoms. The number of carbonyl (C=O) groups excluding carboxylic acids is 1. The number of anilines is 1. The molecule has 1 rings (SSSR count). The molecule has 6 nitrogen and oxygen atoms in total. The van der Waals surface area contributed by atoms with E-state index < -0.39 is 0 Å². The number of carbonyl (C=O) groups is 1. The Hall–Kier alpha value is -0.920. The molecule has 1 aromatic heterocycles. The molecule has 100 valence electrons. The molecule has 0 atom stereocenters. The van der Waals surface area contributed by atoms with Crippen LogP contribution in [0.4, 0.5) is 5.82 Å². The van der Waals surface area contributed by atoms with Crippen LogP contribution in [0.1, 0.15) is 0 Å². The molecule has 0 unspecified atom stereocenters. The lowest BCUT2D eigenvalue weighted by Crippen LogP contribution is -2.37. The first-order valence-corrected chi connectivity index (χ1v) is 6.36. The van der Waals surface area contributed by atoms with Gasteiger partial charge < -0.3 is 15.0 Å². The van der Waals surface area contributed by atoms with E-state index >= 15 is 0 Å². The van der Waals surface area contributed by atoms with Gasteiger partial charge in [0.05, 0.1) is 17.6 Å². The van der Waals surface area contributed by atoms with Crippen LogP contribution in [0, 0.1) is 0 Å². The number of nitrogens with zero attached hydrogens (tertiary/aromatic N) is 3. The summed E-state index contributed by atoms with van der Waals surface area (Å²) in [6, 6.07) is 0. The molecule has 0 aromatic carbocycles. The zero-order valence-electron chi connectivity index (χ0n) is 10.1. The topological polar surface area (TPSA) is 67.3 Å². The number of nitrogens with one attached hydrogen (secondary N) is 1. The minimum absolute atomic E-state index is 0.115. The Morgan fingerprint density at radius 2 is 2.33 bits per heavy atom. The van der Waals surface area contributed by atoms with Crippen molar-refractivity contribution in [2.75, 3.05) is 38.8 Å². The van der Waals surface area contributed by atoms with Crippen LogP contribution in [0.15, 0.2) is 10.8 Å². The van der Waals surface area contributed by atoms with E-state index in [1.54, 1.807) is 19.1 Å². The van der Waals surface area contributed by atoms with Crippen LogP contribution in [0.5, 0.6) is 0 Å². The Morgan fingerprint density at radius 3 is 3.00 bits per heavy atom. The predicted molar refractivity (Wildman–Crippen MR) is 72.9 cm³/mol. The first-order chi connectivity index (χ1) is 8.56. The summed E-state index contributed by atoms with van der Waals surface area (Å²) in [7, 11) is 3.33. The normalized spacial score (nSPS) is 10.2. The molecular weight excluding hydrogens is 323 g/mol. The summed E-state index contributed by atoms with van der Waals surface area (Å²) in [6.07, 6.45) is 1.35. The van der Waals surface area contributed by atoms with Gasteiger partial charge >= 0.3 is 0 Å². The maximum absolute atomic E-state index is 11.6. The molecule has 0 aliphatic heterocycles. The number of rotatable bonds is 6. The summed E-state index contributed by atoms with van der Waals surface area (Å²) in [5.74, 6) is 0.452. The summed E-state index contributed by atoms with van der Waals surface area (Å²) in [5.41, 5.74) is 0. The number of halogens is 2. The van der Waals surface area contributed by atoms with Crippen molar-refractivity contribution >= 4 is 39.3 Å². The minimum Gasteiger partial charge on any atom is -0.383 e. The number of amides is 1. The maximum atomic E-state index is 11.6. The van der Waals surface area contributed by atoms with Gasteiger partial charge in [-0.15, -0.1) is 0 Å². The Kier molecular flexibility index (Phi) is 6.31. The third-order valence-electron chi connectivity index (χ3n) is 2.10. The van der Waals surface area contributed by atoms with E-state index in [2.05, 4.69) is 31.2 Å². The summed E-state index contributed by atoms with van der Waals surface area (Å²) in [6.45, 7) is 1.14. The van der Waals surface area contributed by atoms with Crippen molar-refractivity contribution in [3.05, 3.63) is 16.0 Å². The fourth-order valence-electron chi connectivity index (χ4n) is 1.24. The van der Waals surface area contributed by atoms with Crippen LogP contribution in [0.2, 0.25) is 5.15 Å². The molecule has 0 saturated heterocycles. The average Bonchev–Trinajstić information content (AvgIpc) is 2.32. The number of aromatic nitrogens is 2. The number of hydrogen-bond donors (Lipinski definition) is 1. The molecule has 18 heavy (non-hydrogen) atoms. The molecule has 0 radical (unpaired) electrons. The Labute approximate surface area is 119 Å². The van der Waals surface area contributed by atoms with E-state index in [1.807, 2.05) is 0 Å². The number of likely N-dealkylation sites (N-methyl/N-ethyl adjacent to an activating group) is 1. The van der Waals surface area contributed by atoms with Gasteiger partial charge in [-0.05, 0) is 15.9 Å². The Balaban J connectivity index is 2.57. The fraction of sp³-hybridized carbons (Fsp3) is 0.500.